The highest BCUT2D eigenvalue weighted by molar-refractivity contribution is 8.00. The van der Waals surface area contributed by atoms with Gasteiger partial charge in [0.1, 0.15) is 0 Å². The van der Waals surface area contributed by atoms with Crippen molar-refractivity contribution < 1.29 is 4.74 Å². The van der Waals surface area contributed by atoms with Crippen LogP contribution in [0, 0.1) is 6.92 Å². The van der Waals surface area contributed by atoms with Crippen LogP contribution >= 0.6 is 11.8 Å². The third kappa shape index (κ3) is 2.06. The average Bonchev–Trinajstić information content (AvgIpc) is 2.52. The van der Waals surface area contributed by atoms with E-state index < -0.39 is 0 Å². The highest BCUT2D eigenvalue weighted by atomic mass is 32.2. The zero-order chi connectivity index (χ0) is 11.7. The van der Waals surface area contributed by atoms with Gasteiger partial charge in [0.15, 0.2) is 0 Å². The molecule has 0 aromatic carbocycles. The van der Waals surface area contributed by atoms with E-state index in [1.165, 1.54) is 12.0 Å². The summed E-state index contributed by atoms with van der Waals surface area (Å²) in [5.41, 5.74) is 2.25. The van der Waals surface area contributed by atoms with E-state index in [4.69, 9.17) is 4.74 Å². The van der Waals surface area contributed by atoms with Crippen LogP contribution in [0.5, 0.6) is 5.88 Å². The minimum atomic E-state index is 0.312. The van der Waals surface area contributed by atoms with Crippen molar-refractivity contribution in [3.63, 3.8) is 0 Å². The summed E-state index contributed by atoms with van der Waals surface area (Å²) in [5.74, 6) is 0.872. The van der Waals surface area contributed by atoms with Gasteiger partial charge in [0.05, 0.1) is 23.7 Å². The van der Waals surface area contributed by atoms with Gasteiger partial charge in [-0.3, -0.25) is 0 Å². The van der Waals surface area contributed by atoms with Crippen LogP contribution in [-0.4, -0.2) is 28.7 Å². The van der Waals surface area contributed by atoms with Crippen LogP contribution in [-0.2, 0) is 7.05 Å². The molecule has 0 radical (unpaired) electrons. The first-order chi connectivity index (χ1) is 7.63. The lowest BCUT2D eigenvalue weighted by atomic mass is 10.2. The van der Waals surface area contributed by atoms with Gasteiger partial charge in [0, 0.05) is 12.3 Å². The van der Waals surface area contributed by atoms with Gasteiger partial charge in [0.25, 0.3) is 0 Å². The molecule has 2 atom stereocenters. The van der Waals surface area contributed by atoms with Gasteiger partial charge in [-0.2, -0.15) is 5.10 Å². The third-order valence-electron chi connectivity index (χ3n) is 2.92. The van der Waals surface area contributed by atoms with E-state index in [0.717, 1.165) is 18.1 Å². The summed E-state index contributed by atoms with van der Waals surface area (Å²) in [6.45, 7) is 5.38. The van der Waals surface area contributed by atoms with Gasteiger partial charge >= 0.3 is 0 Å². The number of aromatic nitrogens is 2. The number of thioether (sulfide) groups is 1. The first kappa shape index (κ1) is 11.8. The summed E-state index contributed by atoms with van der Waals surface area (Å²) in [6, 6.07) is 0. The van der Waals surface area contributed by atoms with Crippen molar-refractivity contribution in [3.05, 3.63) is 11.3 Å². The fraction of sp³-hybridized carbons (Fsp3) is 0.727. The van der Waals surface area contributed by atoms with E-state index >= 15 is 0 Å². The molecule has 2 heterocycles. The van der Waals surface area contributed by atoms with Crippen LogP contribution in [0.2, 0.25) is 0 Å². The first-order valence-electron chi connectivity index (χ1n) is 5.59. The molecule has 1 aliphatic heterocycles. The van der Waals surface area contributed by atoms with Crippen molar-refractivity contribution >= 4 is 11.8 Å². The Balaban J connectivity index is 2.31. The van der Waals surface area contributed by atoms with Crippen molar-refractivity contribution in [2.75, 3.05) is 13.7 Å². The van der Waals surface area contributed by atoms with E-state index in [1.54, 1.807) is 7.11 Å². The van der Waals surface area contributed by atoms with Gasteiger partial charge in [-0.1, -0.05) is 6.92 Å². The molecule has 0 spiro atoms. The Morgan fingerprint density at radius 3 is 2.94 bits per heavy atom. The number of aryl methyl sites for hydroxylation is 2. The second kappa shape index (κ2) is 4.67. The number of nitrogens with zero attached hydrogens (tertiary/aromatic N) is 2. The van der Waals surface area contributed by atoms with Crippen LogP contribution in [0.3, 0.4) is 0 Å². The van der Waals surface area contributed by atoms with Crippen LogP contribution in [0.15, 0.2) is 0 Å². The van der Waals surface area contributed by atoms with Gasteiger partial charge in [0.2, 0.25) is 5.88 Å². The molecule has 2 unspecified atom stereocenters. The molecule has 1 fully saturated rings. The predicted molar refractivity (Wildman–Crippen MR) is 66.9 cm³/mol. The summed E-state index contributed by atoms with van der Waals surface area (Å²) in [4.78, 5) is 0. The summed E-state index contributed by atoms with van der Waals surface area (Å²) in [5, 5.41) is 8.95. The number of nitrogens with one attached hydrogen (secondary N) is 1. The molecule has 1 saturated heterocycles. The molecular formula is C11H19N3OS. The molecule has 90 valence electrons. The number of hydrogen-bond donors (Lipinski definition) is 1. The second-order valence-electron chi connectivity index (χ2n) is 4.20. The lowest BCUT2D eigenvalue weighted by Gasteiger charge is -2.28. The second-order valence-corrected chi connectivity index (χ2v) is 5.75. The number of hydrogen-bond acceptors (Lipinski definition) is 4. The van der Waals surface area contributed by atoms with Crippen LogP contribution < -0.4 is 10.1 Å². The minimum Gasteiger partial charge on any atom is -0.481 e. The molecule has 0 aliphatic carbocycles. The molecule has 1 aliphatic rings. The average molecular weight is 241 g/mol. The minimum absolute atomic E-state index is 0.312. The topological polar surface area (TPSA) is 39.1 Å². The van der Waals surface area contributed by atoms with Crippen molar-refractivity contribution in [2.24, 2.45) is 7.05 Å². The molecule has 1 aromatic rings. The Bertz CT molecular complexity index is 378. The van der Waals surface area contributed by atoms with E-state index in [1.807, 2.05) is 30.4 Å². The smallest absolute Gasteiger partial charge is 0.217 e. The first-order valence-corrected chi connectivity index (χ1v) is 6.54. The Hall–Kier alpha value is -0.680. The van der Waals surface area contributed by atoms with Crippen molar-refractivity contribution in [1.82, 2.24) is 15.1 Å². The highest BCUT2D eigenvalue weighted by Gasteiger charge is 2.27. The fourth-order valence-electron chi connectivity index (χ4n) is 2.13. The number of rotatable bonds is 2. The third-order valence-corrected chi connectivity index (χ3v) is 4.29. The normalized spacial score (nSPS) is 25.8. The molecule has 5 heteroatoms. The van der Waals surface area contributed by atoms with Crippen molar-refractivity contribution in [2.45, 2.75) is 30.9 Å². The van der Waals surface area contributed by atoms with Crippen LogP contribution in [0.25, 0.3) is 0 Å². The zero-order valence-corrected chi connectivity index (χ0v) is 11.1. The van der Waals surface area contributed by atoms with E-state index in [0.29, 0.717) is 10.6 Å². The maximum absolute atomic E-state index is 5.43. The maximum Gasteiger partial charge on any atom is 0.217 e. The predicted octanol–water partition coefficient (Wildman–Crippen LogP) is 1.85. The van der Waals surface area contributed by atoms with Crippen LogP contribution in [0.1, 0.15) is 30.0 Å². The van der Waals surface area contributed by atoms with Crippen molar-refractivity contribution in [1.29, 1.82) is 0 Å². The summed E-state index contributed by atoms with van der Waals surface area (Å²) >= 11 is 1.95. The molecule has 1 aromatic heterocycles. The lowest BCUT2D eigenvalue weighted by Crippen LogP contribution is -2.29. The van der Waals surface area contributed by atoms with Gasteiger partial charge in [-0.15, -0.1) is 11.8 Å². The maximum atomic E-state index is 5.43. The number of methoxy groups -OCH3 is 1. The molecule has 1 N–H and O–H groups in total. The Morgan fingerprint density at radius 2 is 2.31 bits per heavy atom. The van der Waals surface area contributed by atoms with Crippen LogP contribution in [0.4, 0.5) is 0 Å². The largest absolute Gasteiger partial charge is 0.481 e. The molecule has 4 nitrogen and oxygen atoms in total. The zero-order valence-electron chi connectivity index (χ0n) is 10.3. The quantitative estimate of drug-likeness (QED) is 0.857. The van der Waals surface area contributed by atoms with E-state index in [-0.39, 0.29) is 0 Å². The molecule has 16 heavy (non-hydrogen) atoms. The molecular weight excluding hydrogens is 222 g/mol. The molecule has 2 rings (SSSR count). The summed E-state index contributed by atoms with van der Waals surface area (Å²) in [7, 11) is 3.63. The Morgan fingerprint density at radius 1 is 1.56 bits per heavy atom. The van der Waals surface area contributed by atoms with Crippen molar-refractivity contribution in [3.8, 4) is 5.88 Å². The standard InChI is InChI=1S/C11H19N3OS/c1-7-5-6-12-10(16-7)9-8(2)13-14(3)11(9)15-4/h7,10,12H,5-6H2,1-4H3. The fourth-order valence-corrected chi connectivity index (χ4v) is 3.47. The van der Waals surface area contributed by atoms with Gasteiger partial charge in [-0.05, 0) is 19.9 Å². The number of ether oxygens (including phenoxy) is 1. The molecule has 0 amide bonds. The Labute approximate surface area is 101 Å². The SMILES string of the molecule is COc1c(C2NCCC(C)S2)c(C)nn1C. The summed E-state index contributed by atoms with van der Waals surface area (Å²) < 4.78 is 7.24. The van der Waals surface area contributed by atoms with E-state index in [9.17, 15) is 0 Å². The Kier molecular flexibility index (Phi) is 3.44. The van der Waals surface area contributed by atoms with Gasteiger partial charge in [-0.25, -0.2) is 4.68 Å². The van der Waals surface area contributed by atoms with Gasteiger partial charge < -0.3 is 10.1 Å². The lowest BCUT2D eigenvalue weighted by molar-refractivity contribution is 0.367. The summed E-state index contributed by atoms with van der Waals surface area (Å²) in [6.07, 6.45) is 1.22. The highest BCUT2D eigenvalue weighted by Crippen LogP contribution is 2.39. The molecule has 0 bridgehead atoms. The van der Waals surface area contributed by atoms with E-state index in [2.05, 4.69) is 17.3 Å². The molecule has 0 saturated carbocycles. The monoisotopic (exact) mass is 241 g/mol.